The van der Waals surface area contributed by atoms with Crippen molar-refractivity contribution in [2.75, 3.05) is 26.4 Å². The molecule has 0 rings (SSSR count). The molecule has 0 amide bonds. The van der Waals surface area contributed by atoms with Crippen molar-refractivity contribution in [3.05, 3.63) is 0 Å². The summed E-state index contributed by atoms with van der Waals surface area (Å²) in [5.41, 5.74) is 0. The summed E-state index contributed by atoms with van der Waals surface area (Å²) in [7, 11) is -3.79. The SMILES string of the molecule is CCO[Si](C)(CCCCCCCC[Si](C)(OCC)OCC)OCC. The van der Waals surface area contributed by atoms with Crippen molar-refractivity contribution in [1.82, 2.24) is 0 Å². The first-order valence-electron chi connectivity index (χ1n) is 10.0. The predicted octanol–water partition coefficient (Wildman–Crippen LogP) is 5.62. The van der Waals surface area contributed by atoms with Crippen LogP contribution >= 0.6 is 0 Å². The van der Waals surface area contributed by atoms with E-state index in [4.69, 9.17) is 17.7 Å². The van der Waals surface area contributed by atoms with Crippen LogP contribution in [0.25, 0.3) is 0 Å². The Morgan fingerprint density at radius 2 is 0.708 bits per heavy atom. The molecule has 0 heterocycles. The number of hydrogen-bond donors (Lipinski definition) is 0. The molecular formula is C18H42O4Si2. The van der Waals surface area contributed by atoms with Crippen molar-refractivity contribution in [2.24, 2.45) is 0 Å². The third kappa shape index (κ3) is 11.8. The summed E-state index contributed by atoms with van der Waals surface area (Å²) in [4.78, 5) is 0. The van der Waals surface area contributed by atoms with Gasteiger partial charge in [0.05, 0.1) is 0 Å². The molecule has 0 N–H and O–H groups in total. The van der Waals surface area contributed by atoms with E-state index >= 15 is 0 Å². The average molecular weight is 379 g/mol. The average Bonchev–Trinajstić information content (AvgIpc) is 2.51. The van der Waals surface area contributed by atoms with Gasteiger partial charge in [-0.05, 0) is 52.9 Å². The molecule has 0 saturated carbocycles. The monoisotopic (exact) mass is 378 g/mol. The maximum absolute atomic E-state index is 5.89. The first kappa shape index (κ1) is 24.3. The van der Waals surface area contributed by atoms with Crippen molar-refractivity contribution in [1.29, 1.82) is 0 Å². The van der Waals surface area contributed by atoms with E-state index in [9.17, 15) is 0 Å². The molecule has 0 saturated heterocycles. The Kier molecular flexibility index (Phi) is 14.6. The minimum atomic E-state index is -1.90. The lowest BCUT2D eigenvalue weighted by atomic mass is 10.1. The van der Waals surface area contributed by atoms with Gasteiger partial charge in [0.1, 0.15) is 0 Å². The molecule has 24 heavy (non-hydrogen) atoms. The summed E-state index contributed by atoms with van der Waals surface area (Å²) < 4.78 is 23.6. The Balaban J connectivity index is 3.76. The summed E-state index contributed by atoms with van der Waals surface area (Å²) in [6.45, 7) is 15.7. The fourth-order valence-electron chi connectivity index (χ4n) is 3.19. The molecular weight excluding hydrogens is 336 g/mol. The van der Waals surface area contributed by atoms with Gasteiger partial charge >= 0.3 is 17.1 Å². The topological polar surface area (TPSA) is 36.9 Å². The molecule has 0 unspecified atom stereocenters. The molecule has 0 aliphatic carbocycles. The highest BCUT2D eigenvalue weighted by Gasteiger charge is 2.30. The van der Waals surface area contributed by atoms with E-state index in [1.54, 1.807) is 0 Å². The maximum atomic E-state index is 5.89. The van der Waals surface area contributed by atoms with Gasteiger partial charge in [-0.2, -0.15) is 0 Å². The van der Waals surface area contributed by atoms with Gasteiger partial charge in [-0.15, -0.1) is 0 Å². The van der Waals surface area contributed by atoms with Crippen molar-refractivity contribution in [3.8, 4) is 0 Å². The van der Waals surface area contributed by atoms with Gasteiger partial charge < -0.3 is 17.7 Å². The Morgan fingerprint density at radius 3 is 0.958 bits per heavy atom. The highest BCUT2D eigenvalue weighted by molar-refractivity contribution is 6.66. The largest absolute Gasteiger partial charge is 0.395 e. The standard InChI is InChI=1S/C18H42O4Si2/c1-7-19-23(5,20-8-2)17-15-13-11-12-14-16-18-24(6,21-9-3)22-10-4/h7-18H2,1-6H3. The van der Waals surface area contributed by atoms with Crippen LogP contribution in [0, 0.1) is 0 Å². The second-order valence-corrected chi connectivity index (χ2v) is 13.3. The molecule has 0 aromatic carbocycles. The van der Waals surface area contributed by atoms with Crippen LogP contribution in [0.1, 0.15) is 66.2 Å². The van der Waals surface area contributed by atoms with Gasteiger partial charge in [-0.25, -0.2) is 0 Å². The highest BCUT2D eigenvalue weighted by Crippen LogP contribution is 2.21. The summed E-state index contributed by atoms with van der Waals surface area (Å²) in [5, 5.41) is 0. The van der Waals surface area contributed by atoms with Gasteiger partial charge in [-0.1, -0.05) is 38.5 Å². The fraction of sp³-hybridized carbons (Fsp3) is 1.00. The molecule has 0 aromatic rings. The first-order valence-corrected chi connectivity index (χ1v) is 15.1. The fourth-order valence-corrected chi connectivity index (χ4v) is 8.16. The number of rotatable bonds is 17. The molecule has 6 heteroatoms. The van der Waals surface area contributed by atoms with Crippen molar-refractivity contribution < 1.29 is 17.7 Å². The summed E-state index contributed by atoms with van der Waals surface area (Å²) >= 11 is 0. The Morgan fingerprint density at radius 1 is 0.458 bits per heavy atom. The van der Waals surface area contributed by atoms with Gasteiger partial charge in [0.25, 0.3) is 0 Å². The third-order valence-corrected chi connectivity index (χ3v) is 10.4. The van der Waals surface area contributed by atoms with E-state index in [0.717, 1.165) is 38.5 Å². The zero-order valence-electron chi connectivity index (χ0n) is 17.1. The van der Waals surface area contributed by atoms with Crippen molar-refractivity contribution in [3.63, 3.8) is 0 Å². The first-order chi connectivity index (χ1) is 11.4. The zero-order chi connectivity index (χ0) is 18.3. The lowest BCUT2D eigenvalue weighted by molar-refractivity contribution is 0.187. The highest BCUT2D eigenvalue weighted by atomic mass is 28.4. The van der Waals surface area contributed by atoms with Crippen LogP contribution in [0.2, 0.25) is 25.2 Å². The molecule has 0 bridgehead atoms. The van der Waals surface area contributed by atoms with Gasteiger partial charge in [0.15, 0.2) is 0 Å². The number of unbranched alkanes of at least 4 members (excludes halogenated alkanes) is 5. The molecule has 0 spiro atoms. The van der Waals surface area contributed by atoms with E-state index in [1.807, 2.05) is 0 Å². The minimum absolute atomic E-state index is 0.769. The van der Waals surface area contributed by atoms with E-state index in [-0.39, 0.29) is 0 Å². The summed E-state index contributed by atoms with van der Waals surface area (Å²) in [6, 6.07) is 2.24. The molecule has 0 atom stereocenters. The quantitative estimate of drug-likeness (QED) is 0.243. The molecule has 0 aromatic heterocycles. The zero-order valence-corrected chi connectivity index (χ0v) is 19.1. The van der Waals surface area contributed by atoms with Crippen molar-refractivity contribution >= 4 is 17.1 Å². The van der Waals surface area contributed by atoms with E-state index in [0.29, 0.717) is 0 Å². The van der Waals surface area contributed by atoms with Crippen LogP contribution in [0.4, 0.5) is 0 Å². The smallest absolute Gasteiger partial charge is 0.334 e. The van der Waals surface area contributed by atoms with Gasteiger partial charge in [0, 0.05) is 26.4 Å². The second-order valence-electron chi connectivity index (χ2n) is 6.62. The van der Waals surface area contributed by atoms with Crippen molar-refractivity contribution in [2.45, 2.75) is 91.4 Å². The van der Waals surface area contributed by atoms with Crippen LogP contribution in [-0.2, 0) is 17.7 Å². The molecule has 146 valence electrons. The molecule has 0 radical (unpaired) electrons. The molecule has 0 aliphatic rings. The summed E-state index contributed by atoms with van der Waals surface area (Å²) in [5.74, 6) is 0. The van der Waals surface area contributed by atoms with Crippen LogP contribution in [0.15, 0.2) is 0 Å². The molecule has 0 fully saturated rings. The lowest BCUT2D eigenvalue weighted by Gasteiger charge is -2.26. The van der Waals surface area contributed by atoms with Crippen LogP contribution < -0.4 is 0 Å². The Bertz CT molecular complexity index is 250. The van der Waals surface area contributed by atoms with Gasteiger partial charge in [-0.3, -0.25) is 0 Å². The minimum Gasteiger partial charge on any atom is -0.395 e. The van der Waals surface area contributed by atoms with Crippen LogP contribution in [-0.4, -0.2) is 43.5 Å². The molecule has 4 nitrogen and oxygen atoms in total. The molecule has 0 aliphatic heterocycles. The maximum Gasteiger partial charge on any atom is 0.334 e. The third-order valence-electron chi connectivity index (χ3n) is 4.31. The second kappa shape index (κ2) is 14.4. The van der Waals surface area contributed by atoms with E-state index < -0.39 is 17.1 Å². The normalized spacial score (nSPS) is 12.8. The van der Waals surface area contributed by atoms with Crippen LogP contribution in [0.3, 0.4) is 0 Å². The van der Waals surface area contributed by atoms with Crippen LogP contribution in [0.5, 0.6) is 0 Å². The van der Waals surface area contributed by atoms with E-state index in [1.165, 1.54) is 38.5 Å². The van der Waals surface area contributed by atoms with Gasteiger partial charge in [0.2, 0.25) is 0 Å². The summed E-state index contributed by atoms with van der Waals surface area (Å²) in [6.07, 6.45) is 7.65. The number of hydrogen-bond acceptors (Lipinski definition) is 4. The lowest BCUT2D eigenvalue weighted by Crippen LogP contribution is -2.38. The predicted molar refractivity (Wildman–Crippen MR) is 107 cm³/mol. The Labute approximate surface area is 153 Å². The van der Waals surface area contributed by atoms with E-state index in [2.05, 4.69) is 40.8 Å². The Hall–Kier alpha value is 0.274.